The Balaban J connectivity index is 5.19. The number of esters is 1. The van der Waals surface area contributed by atoms with Crippen LogP contribution in [0.5, 0.6) is 0 Å². The number of hydrogen-bond acceptors (Lipinski definition) is 7. The van der Waals surface area contributed by atoms with Gasteiger partial charge in [-0.3, -0.25) is 14.2 Å². The predicted molar refractivity (Wildman–Crippen MR) is 330 cm³/mol. The number of phosphoric ester groups is 1. The zero-order valence-corrected chi connectivity index (χ0v) is 52.3. The van der Waals surface area contributed by atoms with Crippen molar-refractivity contribution in [2.45, 2.75) is 315 Å². The molecule has 9 nitrogen and oxygen atoms in total. The van der Waals surface area contributed by atoms with Crippen molar-refractivity contribution in [3.63, 3.8) is 0 Å². The molecule has 0 aromatic carbocycles. The van der Waals surface area contributed by atoms with E-state index in [0.29, 0.717) is 23.9 Å². The van der Waals surface area contributed by atoms with Gasteiger partial charge in [-0.25, -0.2) is 0 Å². The molecule has 0 aromatic heterocycles. The van der Waals surface area contributed by atoms with E-state index < -0.39 is 26.6 Å². The minimum Gasteiger partial charge on any atom is -0.756 e. The molecule has 0 saturated heterocycles. The Labute approximate surface area is 477 Å². The Morgan fingerprint density at radius 2 is 0.792 bits per heavy atom. The summed E-state index contributed by atoms with van der Waals surface area (Å²) >= 11 is 0. The molecule has 0 heterocycles. The average molecular weight is 1100 g/mol. The molecule has 0 radical (unpaired) electrons. The van der Waals surface area contributed by atoms with Crippen molar-refractivity contribution < 1.29 is 37.3 Å². The van der Waals surface area contributed by atoms with Gasteiger partial charge in [-0.05, 0) is 76.7 Å². The summed E-state index contributed by atoms with van der Waals surface area (Å²) < 4.78 is 30.3. The number of rotatable bonds is 59. The maximum absolute atomic E-state index is 13.5. The first kappa shape index (κ1) is 74.7. The first-order valence-corrected chi connectivity index (χ1v) is 34.1. The molecule has 0 saturated carbocycles. The van der Waals surface area contributed by atoms with Gasteiger partial charge in [0.1, 0.15) is 19.3 Å². The fourth-order valence-corrected chi connectivity index (χ4v) is 10.1. The topological polar surface area (TPSA) is 114 Å². The second kappa shape index (κ2) is 57.0. The van der Waals surface area contributed by atoms with E-state index in [1.54, 1.807) is 0 Å². The minimum absolute atomic E-state index is 0.0255. The van der Waals surface area contributed by atoms with Gasteiger partial charge in [-0.1, -0.05) is 275 Å². The lowest BCUT2D eigenvalue weighted by Crippen LogP contribution is -2.47. The van der Waals surface area contributed by atoms with Crippen LogP contribution in [0.2, 0.25) is 0 Å². The molecule has 0 aliphatic heterocycles. The number of carbonyl (C=O) groups excluding carboxylic acids is 2. The number of nitrogens with zero attached hydrogens (tertiary/aromatic N) is 1. The van der Waals surface area contributed by atoms with Crippen LogP contribution in [0.4, 0.5) is 0 Å². The Kier molecular flexibility index (Phi) is 55.3. The van der Waals surface area contributed by atoms with Crippen molar-refractivity contribution in [3.05, 3.63) is 60.8 Å². The van der Waals surface area contributed by atoms with Crippen molar-refractivity contribution in [1.82, 2.24) is 5.32 Å². The first-order chi connectivity index (χ1) is 37.4. The maximum atomic E-state index is 13.5. The van der Waals surface area contributed by atoms with Crippen LogP contribution in [-0.4, -0.2) is 69.4 Å². The largest absolute Gasteiger partial charge is 0.756 e. The highest BCUT2D eigenvalue weighted by Gasteiger charge is 2.27. The van der Waals surface area contributed by atoms with Gasteiger partial charge in [0, 0.05) is 12.8 Å². The molecule has 77 heavy (non-hydrogen) atoms. The quantitative estimate of drug-likeness (QED) is 0.0212. The van der Waals surface area contributed by atoms with E-state index in [0.717, 1.165) is 89.9 Å². The molecule has 450 valence electrons. The van der Waals surface area contributed by atoms with E-state index >= 15 is 0 Å². The summed E-state index contributed by atoms with van der Waals surface area (Å²) in [4.78, 5) is 40.0. The van der Waals surface area contributed by atoms with Crippen LogP contribution in [0.3, 0.4) is 0 Å². The van der Waals surface area contributed by atoms with Gasteiger partial charge in [0.25, 0.3) is 7.82 Å². The van der Waals surface area contributed by atoms with Gasteiger partial charge >= 0.3 is 5.97 Å². The van der Waals surface area contributed by atoms with E-state index in [2.05, 4.69) is 74.7 Å². The van der Waals surface area contributed by atoms with Crippen molar-refractivity contribution in [2.24, 2.45) is 0 Å². The minimum atomic E-state index is -4.70. The summed E-state index contributed by atoms with van der Waals surface area (Å²) in [6.45, 7) is 6.83. The molecule has 3 atom stereocenters. The first-order valence-electron chi connectivity index (χ1n) is 32.6. The number of hydrogen-bond donors (Lipinski definition) is 1. The second-order valence-corrected chi connectivity index (χ2v) is 24.7. The van der Waals surface area contributed by atoms with Gasteiger partial charge in [-0.15, -0.1) is 0 Å². The Hall–Kier alpha value is -2.29. The summed E-state index contributed by atoms with van der Waals surface area (Å²) in [7, 11) is 1.18. The number of carbonyl (C=O) groups is 2. The zero-order chi connectivity index (χ0) is 56.4. The van der Waals surface area contributed by atoms with Crippen molar-refractivity contribution in [1.29, 1.82) is 0 Å². The molecule has 10 heteroatoms. The van der Waals surface area contributed by atoms with E-state index in [1.807, 2.05) is 33.3 Å². The second-order valence-electron chi connectivity index (χ2n) is 23.3. The molecular weight excluding hydrogens is 976 g/mol. The molecule has 3 unspecified atom stereocenters. The van der Waals surface area contributed by atoms with Crippen LogP contribution in [0, 0.1) is 0 Å². The lowest BCUT2D eigenvalue weighted by molar-refractivity contribution is -0.870. The fourth-order valence-electron chi connectivity index (χ4n) is 9.39. The number of ether oxygens (including phenoxy) is 1. The third-order valence-electron chi connectivity index (χ3n) is 14.5. The molecule has 0 aliphatic rings. The van der Waals surface area contributed by atoms with Crippen LogP contribution in [-0.2, 0) is 27.9 Å². The number of nitrogens with one attached hydrogen (secondary N) is 1. The van der Waals surface area contributed by atoms with E-state index in [9.17, 15) is 19.0 Å². The number of allylic oxidation sites excluding steroid dienone is 9. The summed E-state index contributed by atoms with van der Waals surface area (Å²) in [5.74, 6) is -0.553. The molecule has 1 N–H and O–H groups in total. The standard InChI is InChI=1S/C67H125N2O7P/c1-7-10-13-16-19-22-25-27-29-31-33-34-36-38-40-42-45-48-51-54-57-60-67(71)76-65(58-55-52-49-46-43-24-21-18-15-12-9-3)64(63-75-77(72,73)74-62-61-69(4,5)6)68-66(70)59-56-53-50-47-44-41-39-37-35-32-30-28-26-23-20-17-14-11-8-2/h19,22,27,29,33-34,38,40,55,58,64-65H,7-18,20-21,23-26,28,30-32,35-37,39,41-54,56-57,59-63H2,1-6H3,(H-,68,70,72,73)/b22-19-,29-27-,34-33-,40-38-,58-55+. The monoisotopic (exact) mass is 1100 g/mol. The molecule has 0 aliphatic carbocycles. The molecule has 0 rings (SSSR count). The molecule has 0 aromatic rings. The van der Waals surface area contributed by atoms with Gasteiger partial charge in [-0.2, -0.15) is 0 Å². The number of unbranched alkanes of at least 4 members (excludes halogenated alkanes) is 35. The van der Waals surface area contributed by atoms with Gasteiger partial charge in [0.2, 0.25) is 5.91 Å². The smallest absolute Gasteiger partial charge is 0.306 e. The molecule has 0 bridgehead atoms. The molecule has 0 fully saturated rings. The number of phosphoric acid groups is 1. The third-order valence-corrected chi connectivity index (χ3v) is 15.4. The van der Waals surface area contributed by atoms with Crippen LogP contribution in [0.1, 0.15) is 303 Å². The van der Waals surface area contributed by atoms with Crippen LogP contribution in [0.25, 0.3) is 0 Å². The predicted octanol–water partition coefficient (Wildman–Crippen LogP) is 19.6. The summed E-state index contributed by atoms with van der Waals surface area (Å²) in [6, 6.07) is -0.895. The van der Waals surface area contributed by atoms with E-state index in [4.69, 9.17) is 13.8 Å². The SMILES string of the molecule is CCCCC/C=C\C/C=C\C/C=C\C/C=C\CCCCCCCC(=O)OC(/C=C/CCCCCCCCCCC)C(COP(=O)([O-])OCC[N+](C)(C)C)NC(=O)CCCCCCCCCCCCCCCCCCCCC. The Bertz CT molecular complexity index is 1500. The van der Waals surface area contributed by atoms with Gasteiger partial charge in [0.15, 0.2) is 0 Å². The van der Waals surface area contributed by atoms with Crippen LogP contribution < -0.4 is 10.2 Å². The summed E-state index contributed by atoms with van der Waals surface area (Å²) in [5.41, 5.74) is 0. The van der Waals surface area contributed by atoms with Gasteiger partial charge < -0.3 is 28.5 Å². The number of amides is 1. The zero-order valence-electron chi connectivity index (χ0n) is 51.4. The highest BCUT2D eigenvalue weighted by molar-refractivity contribution is 7.45. The molecular formula is C67H125N2O7P. The van der Waals surface area contributed by atoms with Crippen molar-refractivity contribution in [2.75, 3.05) is 40.9 Å². The lowest BCUT2D eigenvalue weighted by Gasteiger charge is -2.30. The van der Waals surface area contributed by atoms with Gasteiger partial charge in [0.05, 0.1) is 33.8 Å². The Morgan fingerprint density at radius 3 is 1.21 bits per heavy atom. The lowest BCUT2D eigenvalue weighted by atomic mass is 10.0. The van der Waals surface area contributed by atoms with E-state index in [-0.39, 0.29) is 24.9 Å². The number of likely N-dealkylation sites (N-methyl/N-ethyl adjacent to an activating group) is 1. The Morgan fingerprint density at radius 1 is 0.455 bits per heavy atom. The summed E-state index contributed by atoms with van der Waals surface area (Å²) in [5, 5.41) is 3.03. The fraction of sp³-hybridized carbons (Fsp3) is 0.821. The maximum Gasteiger partial charge on any atom is 0.306 e. The number of quaternary nitrogens is 1. The van der Waals surface area contributed by atoms with Crippen molar-refractivity contribution >= 4 is 19.7 Å². The molecule has 0 spiro atoms. The van der Waals surface area contributed by atoms with Crippen LogP contribution in [0.15, 0.2) is 60.8 Å². The average Bonchev–Trinajstić information content (AvgIpc) is 3.39. The molecule has 1 amide bonds. The van der Waals surface area contributed by atoms with E-state index in [1.165, 1.54) is 173 Å². The summed E-state index contributed by atoms with van der Waals surface area (Å²) in [6.07, 6.45) is 71.9. The highest BCUT2D eigenvalue weighted by Crippen LogP contribution is 2.38. The van der Waals surface area contributed by atoms with Crippen molar-refractivity contribution in [3.8, 4) is 0 Å². The normalized spacial score (nSPS) is 14.0. The highest BCUT2D eigenvalue weighted by atomic mass is 31.2. The third kappa shape index (κ3) is 58.2. The van der Waals surface area contributed by atoms with Crippen LogP contribution >= 0.6 is 7.82 Å².